The van der Waals surface area contributed by atoms with Crippen LogP contribution in [0.15, 0.2) is 77.2 Å². The van der Waals surface area contributed by atoms with Gasteiger partial charge >= 0.3 is 0 Å². The SMILES string of the molecule is COc1c(/C(C)=C/C(=O)NC(c2ccccc2)c2ccccc2)cc2c(C)c(C)oc2c1C. The van der Waals surface area contributed by atoms with E-state index in [9.17, 15) is 4.79 Å². The maximum absolute atomic E-state index is 13.2. The Morgan fingerprint density at radius 1 is 0.939 bits per heavy atom. The Morgan fingerprint density at radius 2 is 1.52 bits per heavy atom. The first-order valence-corrected chi connectivity index (χ1v) is 11.1. The standard InChI is InChI=1S/C29H29NO3/c1-18(24-17-25-19(2)21(4)33-29(25)20(3)28(24)32-5)16-26(31)30-27(22-12-8-6-9-13-22)23-14-10-7-11-15-23/h6-17,27H,1-5H3,(H,30,31)/b18-16+. The number of aryl methyl sites for hydroxylation is 3. The Morgan fingerprint density at radius 3 is 2.06 bits per heavy atom. The average molecular weight is 440 g/mol. The molecule has 4 aromatic rings. The van der Waals surface area contributed by atoms with Gasteiger partial charge in [-0.3, -0.25) is 4.79 Å². The van der Waals surface area contributed by atoms with Crippen molar-refractivity contribution in [3.63, 3.8) is 0 Å². The summed E-state index contributed by atoms with van der Waals surface area (Å²) >= 11 is 0. The van der Waals surface area contributed by atoms with Crippen molar-refractivity contribution in [1.82, 2.24) is 5.32 Å². The van der Waals surface area contributed by atoms with Crippen LogP contribution in [0.25, 0.3) is 16.5 Å². The van der Waals surface area contributed by atoms with Gasteiger partial charge in [0, 0.05) is 22.6 Å². The predicted octanol–water partition coefficient (Wildman–Crippen LogP) is 6.68. The van der Waals surface area contributed by atoms with Crippen LogP contribution in [0.3, 0.4) is 0 Å². The van der Waals surface area contributed by atoms with Crippen LogP contribution in [0.2, 0.25) is 0 Å². The fourth-order valence-electron chi connectivity index (χ4n) is 4.28. The van der Waals surface area contributed by atoms with Gasteiger partial charge in [-0.15, -0.1) is 0 Å². The van der Waals surface area contributed by atoms with E-state index in [4.69, 9.17) is 9.15 Å². The highest BCUT2D eigenvalue weighted by Gasteiger charge is 2.20. The molecule has 0 aliphatic heterocycles. The number of benzene rings is 3. The van der Waals surface area contributed by atoms with E-state index in [2.05, 4.69) is 11.4 Å². The molecule has 4 nitrogen and oxygen atoms in total. The number of allylic oxidation sites excluding steroid dienone is 1. The topological polar surface area (TPSA) is 51.5 Å². The van der Waals surface area contributed by atoms with Crippen molar-refractivity contribution in [1.29, 1.82) is 0 Å². The maximum atomic E-state index is 13.2. The van der Waals surface area contributed by atoms with Gasteiger partial charge in [0.1, 0.15) is 17.1 Å². The van der Waals surface area contributed by atoms with E-state index in [-0.39, 0.29) is 11.9 Å². The quantitative estimate of drug-likeness (QED) is 0.341. The fraction of sp³-hybridized carbons (Fsp3) is 0.207. The molecule has 0 unspecified atom stereocenters. The number of fused-ring (bicyclic) bond motifs is 1. The molecule has 0 saturated heterocycles. The molecule has 0 atom stereocenters. The highest BCUT2D eigenvalue weighted by molar-refractivity contribution is 5.98. The summed E-state index contributed by atoms with van der Waals surface area (Å²) in [7, 11) is 1.65. The minimum Gasteiger partial charge on any atom is -0.496 e. The van der Waals surface area contributed by atoms with Crippen LogP contribution in [0.5, 0.6) is 5.75 Å². The number of ether oxygens (including phenoxy) is 1. The first kappa shape index (κ1) is 22.4. The molecule has 0 bridgehead atoms. The van der Waals surface area contributed by atoms with Gasteiger partial charge in [-0.1, -0.05) is 60.7 Å². The number of methoxy groups -OCH3 is 1. The van der Waals surface area contributed by atoms with Crippen molar-refractivity contribution in [3.05, 3.63) is 106 Å². The number of furan rings is 1. The van der Waals surface area contributed by atoms with Crippen molar-refractivity contribution in [3.8, 4) is 5.75 Å². The highest BCUT2D eigenvalue weighted by atomic mass is 16.5. The van der Waals surface area contributed by atoms with E-state index in [1.54, 1.807) is 13.2 Å². The van der Waals surface area contributed by atoms with E-state index in [0.717, 1.165) is 55.9 Å². The Hall–Kier alpha value is -3.79. The molecule has 1 amide bonds. The van der Waals surface area contributed by atoms with Crippen LogP contribution in [0, 0.1) is 20.8 Å². The average Bonchev–Trinajstić information content (AvgIpc) is 3.12. The lowest BCUT2D eigenvalue weighted by molar-refractivity contribution is -0.116. The second-order valence-corrected chi connectivity index (χ2v) is 8.33. The third-order valence-electron chi connectivity index (χ3n) is 6.18. The van der Waals surface area contributed by atoms with Gasteiger partial charge in [-0.2, -0.15) is 0 Å². The summed E-state index contributed by atoms with van der Waals surface area (Å²) < 4.78 is 11.7. The third kappa shape index (κ3) is 4.42. The van der Waals surface area contributed by atoms with Gasteiger partial charge in [0.25, 0.3) is 0 Å². The van der Waals surface area contributed by atoms with Crippen molar-refractivity contribution in [2.75, 3.05) is 7.11 Å². The molecule has 0 spiro atoms. The van der Waals surface area contributed by atoms with Gasteiger partial charge < -0.3 is 14.5 Å². The number of carbonyl (C=O) groups is 1. The minimum atomic E-state index is -0.242. The number of hydrogen-bond donors (Lipinski definition) is 1. The lowest BCUT2D eigenvalue weighted by Crippen LogP contribution is -2.27. The Labute approximate surface area is 194 Å². The van der Waals surface area contributed by atoms with Crippen LogP contribution >= 0.6 is 0 Å². The van der Waals surface area contributed by atoms with Crippen LogP contribution in [0.1, 0.15) is 46.5 Å². The van der Waals surface area contributed by atoms with Crippen LogP contribution in [0.4, 0.5) is 0 Å². The van der Waals surface area contributed by atoms with Crippen molar-refractivity contribution in [2.24, 2.45) is 0 Å². The van der Waals surface area contributed by atoms with E-state index in [1.165, 1.54) is 0 Å². The number of hydrogen-bond acceptors (Lipinski definition) is 3. The molecule has 4 heteroatoms. The Balaban J connectivity index is 1.70. The summed E-state index contributed by atoms with van der Waals surface area (Å²) in [6, 6.07) is 21.8. The van der Waals surface area contributed by atoms with Crippen molar-refractivity contribution < 1.29 is 13.9 Å². The fourth-order valence-corrected chi connectivity index (χ4v) is 4.28. The predicted molar refractivity (Wildman–Crippen MR) is 133 cm³/mol. The largest absolute Gasteiger partial charge is 0.496 e. The molecule has 1 heterocycles. The monoisotopic (exact) mass is 439 g/mol. The summed E-state index contributed by atoms with van der Waals surface area (Å²) in [5.74, 6) is 1.45. The molecule has 33 heavy (non-hydrogen) atoms. The lowest BCUT2D eigenvalue weighted by Gasteiger charge is -2.19. The highest BCUT2D eigenvalue weighted by Crippen LogP contribution is 2.38. The number of carbonyl (C=O) groups excluding carboxylic acids is 1. The normalized spacial score (nSPS) is 11.8. The third-order valence-corrected chi connectivity index (χ3v) is 6.18. The first-order valence-electron chi connectivity index (χ1n) is 11.1. The molecule has 168 valence electrons. The Kier molecular flexibility index (Phi) is 6.36. The molecular weight excluding hydrogens is 410 g/mol. The lowest BCUT2D eigenvalue weighted by atomic mass is 9.97. The van der Waals surface area contributed by atoms with E-state index < -0.39 is 0 Å². The summed E-state index contributed by atoms with van der Waals surface area (Å²) in [5, 5.41) is 4.22. The van der Waals surface area contributed by atoms with E-state index in [1.807, 2.05) is 88.4 Å². The van der Waals surface area contributed by atoms with Gasteiger partial charge in [0.05, 0.1) is 13.2 Å². The Bertz CT molecular complexity index is 1280. The molecule has 0 aliphatic rings. The molecule has 0 radical (unpaired) electrons. The van der Waals surface area contributed by atoms with Crippen molar-refractivity contribution >= 4 is 22.4 Å². The van der Waals surface area contributed by atoms with Gasteiger partial charge in [0.15, 0.2) is 0 Å². The smallest absolute Gasteiger partial charge is 0.245 e. The molecule has 4 rings (SSSR count). The van der Waals surface area contributed by atoms with Gasteiger partial charge in [0.2, 0.25) is 5.91 Å². The molecule has 1 N–H and O–H groups in total. The molecule has 3 aromatic carbocycles. The number of amides is 1. The zero-order valence-corrected chi connectivity index (χ0v) is 19.7. The second-order valence-electron chi connectivity index (χ2n) is 8.33. The molecule has 0 aliphatic carbocycles. The van der Waals surface area contributed by atoms with Crippen molar-refractivity contribution in [2.45, 2.75) is 33.7 Å². The number of rotatable bonds is 6. The van der Waals surface area contributed by atoms with E-state index in [0.29, 0.717) is 0 Å². The van der Waals surface area contributed by atoms with Crippen LogP contribution in [-0.4, -0.2) is 13.0 Å². The van der Waals surface area contributed by atoms with Crippen LogP contribution < -0.4 is 10.1 Å². The first-order chi connectivity index (χ1) is 15.9. The minimum absolute atomic E-state index is 0.162. The summed E-state index contributed by atoms with van der Waals surface area (Å²) in [4.78, 5) is 13.2. The van der Waals surface area contributed by atoms with Gasteiger partial charge in [-0.25, -0.2) is 0 Å². The second kappa shape index (κ2) is 9.37. The number of nitrogens with one attached hydrogen (secondary N) is 1. The summed E-state index contributed by atoms with van der Waals surface area (Å²) in [6.07, 6.45) is 1.64. The zero-order valence-electron chi connectivity index (χ0n) is 19.7. The molecular formula is C29H29NO3. The summed E-state index contributed by atoms with van der Waals surface area (Å²) in [6.45, 7) is 7.93. The molecule has 0 saturated carbocycles. The summed E-state index contributed by atoms with van der Waals surface area (Å²) in [5.41, 5.74) is 6.63. The van der Waals surface area contributed by atoms with E-state index >= 15 is 0 Å². The van der Waals surface area contributed by atoms with Gasteiger partial charge in [-0.05, 0) is 56.0 Å². The molecule has 1 aromatic heterocycles. The zero-order chi connectivity index (χ0) is 23.5. The van der Waals surface area contributed by atoms with Crippen LogP contribution in [-0.2, 0) is 4.79 Å². The maximum Gasteiger partial charge on any atom is 0.245 e. The molecule has 0 fully saturated rings.